The zero-order chi connectivity index (χ0) is 12.4. The van der Waals surface area contributed by atoms with Crippen LogP contribution in [-0.2, 0) is 0 Å². The molecule has 2 aromatic rings. The first-order valence-electron chi connectivity index (χ1n) is 5.19. The zero-order valence-corrected chi connectivity index (χ0v) is 9.70. The number of hydrogen-bond acceptors (Lipinski definition) is 3. The highest BCUT2D eigenvalue weighted by atomic mass is 19.1. The van der Waals surface area contributed by atoms with Gasteiger partial charge in [-0.15, -0.1) is 0 Å². The van der Waals surface area contributed by atoms with Gasteiger partial charge in [-0.1, -0.05) is 6.07 Å². The number of ether oxygens (including phenoxy) is 1. The molecular formula is C13H13FN2O. The zero-order valence-electron chi connectivity index (χ0n) is 9.70. The van der Waals surface area contributed by atoms with E-state index in [0.29, 0.717) is 22.8 Å². The van der Waals surface area contributed by atoms with Gasteiger partial charge in [-0.05, 0) is 36.8 Å². The number of halogens is 1. The van der Waals surface area contributed by atoms with Crippen LogP contribution in [-0.4, -0.2) is 12.1 Å². The van der Waals surface area contributed by atoms with E-state index in [0.717, 1.165) is 5.56 Å². The van der Waals surface area contributed by atoms with Gasteiger partial charge in [0.1, 0.15) is 5.82 Å². The number of nitrogens with two attached hydrogens (primary N) is 1. The van der Waals surface area contributed by atoms with Crippen molar-refractivity contribution in [3.63, 3.8) is 0 Å². The molecule has 17 heavy (non-hydrogen) atoms. The number of aryl methyl sites for hydroxylation is 1. The Morgan fingerprint density at radius 1 is 1.24 bits per heavy atom. The number of rotatable bonds is 2. The first-order valence-corrected chi connectivity index (χ1v) is 5.19. The van der Waals surface area contributed by atoms with E-state index in [2.05, 4.69) is 4.98 Å². The van der Waals surface area contributed by atoms with Crippen LogP contribution in [0.25, 0.3) is 11.3 Å². The predicted molar refractivity (Wildman–Crippen MR) is 65.3 cm³/mol. The number of nitrogens with zero attached hydrogens (tertiary/aromatic N) is 1. The fourth-order valence-corrected chi connectivity index (χ4v) is 1.59. The summed E-state index contributed by atoms with van der Waals surface area (Å²) in [5.41, 5.74) is 7.91. The Balaban J connectivity index is 2.53. The Morgan fingerprint density at radius 2 is 2.00 bits per heavy atom. The highest BCUT2D eigenvalue weighted by molar-refractivity contribution is 5.64. The first kappa shape index (κ1) is 11.4. The molecule has 88 valence electrons. The summed E-state index contributed by atoms with van der Waals surface area (Å²) in [6.07, 6.45) is 0. The number of hydrogen-bond donors (Lipinski definition) is 1. The molecule has 0 aliphatic heterocycles. The van der Waals surface area contributed by atoms with Crippen molar-refractivity contribution in [2.75, 3.05) is 12.8 Å². The Bertz CT molecular complexity index is 555. The number of nitrogen functional groups attached to an aromatic ring is 1. The molecule has 2 N–H and O–H groups in total. The Labute approximate surface area is 99.1 Å². The molecule has 0 radical (unpaired) electrons. The van der Waals surface area contributed by atoms with E-state index in [9.17, 15) is 4.39 Å². The average molecular weight is 232 g/mol. The summed E-state index contributed by atoms with van der Waals surface area (Å²) in [6, 6.07) is 8.33. The van der Waals surface area contributed by atoms with Crippen molar-refractivity contribution < 1.29 is 9.13 Å². The van der Waals surface area contributed by atoms with E-state index in [1.807, 2.05) is 13.0 Å². The topological polar surface area (TPSA) is 48.1 Å². The van der Waals surface area contributed by atoms with Crippen LogP contribution in [0.1, 0.15) is 5.56 Å². The minimum atomic E-state index is -0.302. The molecule has 0 fully saturated rings. The largest absolute Gasteiger partial charge is 0.480 e. The molecule has 0 aliphatic rings. The summed E-state index contributed by atoms with van der Waals surface area (Å²) >= 11 is 0. The van der Waals surface area contributed by atoms with Gasteiger partial charge in [-0.25, -0.2) is 9.37 Å². The van der Waals surface area contributed by atoms with Crippen molar-refractivity contribution in [3.05, 3.63) is 41.7 Å². The van der Waals surface area contributed by atoms with Gasteiger partial charge in [-0.3, -0.25) is 0 Å². The maximum atomic E-state index is 13.8. The molecule has 0 saturated carbocycles. The highest BCUT2D eigenvalue weighted by Gasteiger charge is 2.09. The maximum absolute atomic E-state index is 13.8. The molecule has 1 heterocycles. The molecule has 0 spiro atoms. The lowest BCUT2D eigenvalue weighted by atomic mass is 10.1. The summed E-state index contributed by atoms with van der Waals surface area (Å²) < 4.78 is 18.8. The quantitative estimate of drug-likeness (QED) is 0.866. The van der Waals surface area contributed by atoms with Crippen molar-refractivity contribution >= 4 is 5.69 Å². The van der Waals surface area contributed by atoms with Crippen molar-refractivity contribution in [1.82, 2.24) is 4.98 Å². The van der Waals surface area contributed by atoms with E-state index in [-0.39, 0.29) is 5.82 Å². The standard InChI is InChI=1S/C13H13FN2O/c1-8-3-4-9(10(14)7-8)12-6-5-11(15)13(16-12)17-2/h3-7H,15H2,1-2H3. The van der Waals surface area contributed by atoms with Gasteiger partial charge in [0.05, 0.1) is 18.5 Å². The van der Waals surface area contributed by atoms with E-state index in [4.69, 9.17) is 10.5 Å². The number of methoxy groups -OCH3 is 1. The van der Waals surface area contributed by atoms with Crippen LogP contribution in [0.3, 0.4) is 0 Å². The Morgan fingerprint density at radius 3 is 2.65 bits per heavy atom. The van der Waals surface area contributed by atoms with Crippen molar-refractivity contribution in [2.24, 2.45) is 0 Å². The molecule has 0 amide bonds. The number of pyridine rings is 1. The third-order valence-electron chi connectivity index (χ3n) is 2.48. The van der Waals surface area contributed by atoms with Gasteiger partial charge >= 0.3 is 0 Å². The molecule has 2 rings (SSSR count). The third kappa shape index (κ3) is 2.20. The number of benzene rings is 1. The minimum Gasteiger partial charge on any atom is -0.480 e. The smallest absolute Gasteiger partial charge is 0.237 e. The van der Waals surface area contributed by atoms with Gasteiger partial charge < -0.3 is 10.5 Å². The van der Waals surface area contributed by atoms with E-state index in [1.165, 1.54) is 13.2 Å². The summed E-state index contributed by atoms with van der Waals surface area (Å²) in [4.78, 5) is 4.16. The van der Waals surface area contributed by atoms with E-state index < -0.39 is 0 Å². The van der Waals surface area contributed by atoms with Crippen molar-refractivity contribution in [2.45, 2.75) is 6.92 Å². The predicted octanol–water partition coefficient (Wildman–Crippen LogP) is 2.79. The second-order valence-corrected chi connectivity index (χ2v) is 3.78. The van der Waals surface area contributed by atoms with Gasteiger partial charge in [-0.2, -0.15) is 0 Å². The fraction of sp³-hybridized carbons (Fsp3) is 0.154. The lowest BCUT2D eigenvalue weighted by Gasteiger charge is -2.07. The summed E-state index contributed by atoms with van der Waals surface area (Å²) in [6.45, 7) is 1.84. The summed E-state index contributed by atoms with van der Waals surface area (Å²) in [7, 11) is 1.48. The van der Waals surface area contributed by atoms with Gasteiger partial charge in [0.25, 0.3) is 0 Å². The van der Waals surface area contributed by atoms with E-state index >= 15 is 0 Å². The lowest BCUT2D eigenvalue weighted by molar-refractivity contribution is 0.401. The van der Waals surface area contributed by atoms with Gasteiger partial charge in [0.2, 0.25) is 5.88 Å². The minimum absolute atomic E-state index is 0.302. The fourth-order valence-electron chi connectivity index (χ4n) is 1.59. The van der Waals surface area contributed by atoms with Crippen molar-refractivity contribution in [3.8, 4) is 17.1 Å². The van der Waals surface area contributed by atoms with Crippen LogP contribution in [0.4, 0.5) is 10.1 Å². The first-order chi connectivity index (χ1) is 8.11. The second-order valence-electron chi connectivity index (χ2n) is 3.78. The van der Waals surface area contributed by atoms with Crippen LogP contribution in [0.15, 0.2) is 30.3 Å². The molecule has 0 atom stereocenters. The third-order valence-corrected chi connectivity index (χ3v) is 2.48. The van der Waals surface area contributed by atoms with Crippen LogP contribution < -0.4 is 10.5 Å². The SMILES string of the molecule is COc1nc(-c2ccc(C)cc2F)ccc1N. The summed E-state index contributed by atoms with van der Waals surface area (Å²) in [5.74, 6) is 0.00630. The molecular weight excluding hydrogens is 219 g/mol. The number of aromatic nitrogens is 1. The molecule has 1 aromatic heterocycles. The van der Waals surface area contributed by atoms with Crippen LogP contribution >= 0.6 is 0 Å². The molecule has 0 aliphatic carbocycles. The van der Waals surface area contributed by atoms with Crippen molar-refractivity contribution in [1.29, 1.82) is 0 Å². The van der Waals surface area contributed by atoms with Crippen LogP contribution in [0, 0.1) is 12.7 Å². The lowest BCUT2D eigenvalue weighted by Crippen LogP contribution is -1.97. The van der Waals surface area contributed by atoms with E-state index in [1.54, 1.807) is 18.2 Å². The van der Waals surface area contributed by atoms with Gasteiger partial charge in [0, 0.05) is 5.56 Å². The highest BCUT2D eigenvalue weighted by Crippen LogP contribution is 2.26. The second kappa shape index (κ2) is 4.41. The Hall–Kier alpha value is -2.10. The van der Waals surface area contributed by atoms with Crippen LogP contribution in [0.2, 0.25) is 0 Å². The molecule has 1 aromatic carbocycles. The summed E-state index contributed by atoms with van der Waals surface area (Å²) in [5, 5.41) is 0. The average Bonchev–Trinajstić information content (AvgIpc) is 2.30. The molecule has 3 nitrogen and oxygen atoms in total. The molecule has 4 heteroatoms. The normalized spacial score (nSPS) is 10.3. The maximum Gasteiger partial charge on any atom is 0.237 e. The van der Waals surface area contributed by atoms with Crippen LogP contribution in [0.5, 0.6) is 5.88 Å². The monoisotopic (exact) mass is 232 g/mol. The Kier molecular flexibility index (Phi) is 2.95. The molecule has 0 saturated heterocycles. The number of anilines is 1. The molecule has 0 bridgehead atoms. The molecule has 0 unspecified atom stereocenters. The van der Waals surface area contributed by atoms with Gasteiger partial charge in [0.15, 0.2) is 0 Å².